The predicted octanol–water partition coefficient (Wildman–Crippen LogP) is 2.91. The van der Waals surface area contributed by atoms with Crippen molar-refractivity contribution in [3.05, 3.63) is 0 Å². The molecule has 0 spiro atoms. The van der Waals surface area contributed by atoms with E-state index in [1.165, 1.54) is 38.0 Å². The Kier molecular flexibility index (Phi) is 9.64. The van der Waals surface area contributed by atoms with Gasteiger partial charge in [-0.25, -0.2) is 0 Å². The molecule has 1 nitrogen and oxygen atoms in total. The third kappa shape index (κ3) is 8.41. The van der Waals surface area contributed by atoms with E-state index in [0.717, 1.165) is 0 Å². The Bertz CT molecular complexity index is 85.9. The first-order chi connectivity index (χ1) is 5.81. The molecule has 0 aliphatic carbocycles. The zero-order valence-electron chi connectivity index (χ0n) is 8.73. The summed E-state index contributed by atoms with van der Waals surface area (Å²) < 4.78 is 0. The van der Waals surface area contributed by atoms with E-state index < -0.39 is 0 Å². The van der Waals surface area contributed by atoms with Crippen LogP contribution in [0.4, 0.5) is 0 Å². The van der Waals surface area contributed by atoms with E-state index in [2.05, 4.69) is 25.4 Å². The Labute approximate surface area is 81.7 Å². The Morgan fingerprint density at radius 3 is 2.67 bits per heavy atom. The molecular weight excluding hydrogens is 166 g/mol. The van der Waals surface area contributed by atoms with Crippen LogP contribution in [0.25, 0.3) is 0 Å². The van der Waals surface area contributed by atoms with E-state index in [1.54, 1.807) is 0 Å². The van der Waals surface area contributed by atoms with Crippen molar-refractivity contribution in [2.45, 2.75) is 45.6 Å². The lowest BCUT2D eigenvalue weighted by molar-refractivity contribution is 0.517. The van der Waals surface area contributed by atoms with E-state index in [1.807, 2.05) is 11.8 Å². The fraction of sp³-hybridized carbons (Fsp3) is 1.00. The van der Waals surface area contributed by atoms with Gasteiger partial charge >= 0.3 is 0 Å². The summed E-state index contributed by atoms with van der Waals surface area (Å²) in [7, 11) is 0. The highest BCUT2D eigenvalue weighted by Gasteiger charge is 1.98. The topological polar surface area (TPSA) is 12.0 Å². The van der Waals surface area contributed by atoms with E-state index >= 15 is 0 Å². The maximum Gasteiger partial charge on any atom is 0.00465 e. The number of hydrogen-bond donors (Lipinski definition) is 1. The van der Waals surface area contributed by atoms with Gasteiger partial charge in [0.1, 0.15) is 0 Å². The Balaban J connectivity index is 3.02. The van der Waals surface area contributed by atoms with Gasteiger partial charge in [0.15, 0.2) is 0 Å². The summed E-state index contributed by atoms with van der Waals surface area (Å²) in [6.07, 6.45) is 7.49. The molecule has 0 rings (SSSR count). The van der Waals surface area contributed by atoms with Crippen molar-refractivity contribution >= 4 is 11.8 Å². The lowest BCUT2D eigenvalue weighted by Gasteiger charge is -2.12. The van der Waals surface area contributed by atoms with Crippen LogP contribution in [0.3, 0.4) is 0 Å². The highest BCUT2D eigenvalue weighted by Crippen LogP contribution is 2.00. The largest absolute Gasteiger partial charge is 0.314 e. The van der Waals surface area contributed by atoms with Crippen molar-refractivity contribution in [2.24, 2.45) is 0 Å². The normalized spacial score (nSPS) is 13.2. The first kappa shape index (κ1) is 12.3. The minimum Gasteiger partial charge on any atom is -0.314 e. The second kappa shape index (κ2) is 9.40. The van der Waals surface area contributed by atoms with E-state index in [-0.39, 0.29) is 0 Å². The number of hydrogen-bond acceptors (Lipinski definition) is 2. The molecule has 1 N–H and O–H groups in total. The minimum atomic E-state index is 0.703. The van der Waals surface area contributed by atoms with Crippen LogP contribution in [0.2, 0.25) is 0 Å². The van der Waals surface area contributed by atoms with Crippen LogP contribution in [0, 0.1) is 0 Å². The molecule has 2 heteroatoms. The predicted molar refractivity (Wildman–Crippen MR) is 60.0 cm³/mol. The third-order valence-electron chi connectivity index (χ3n) is 2.03. The number of thioether (sulfide) groups is 1. The monoisotopic (exact) mass is 189 g/mol. The SMILES string of the molecule is CCCCCNC(C)CCSC. The standard InChI is InChI=1S/C10H23NS/c1-4-5-6-8-11-10(2)7-9-12-3/h10-11H,4-9H2,1-3H3. The van der Waals surface area contributed by atoms with Crippen molar-refractivity contribution in [1.29, 1.82) is 0 Å². The average molecular weight is 189 g/mol. The number of rotatable bonds is 8. The smallest absolute Gasteiger partial charge is 0.00465 e. The molecule has 0 aliphatic heterocycles. The van der Waals surface area contributed by atoms with Crippen LogP contribution in [-0.2, 0) is 0 Å². The molecule has 0 heterocycles. The molecule has 0 radical (unpaired) electrons. The van der Waals surface area contributed by atoms with Gasteiger partial charge in [-0.05, 0) is 38.3 Å². The minimum absolute atomic E-state index is 0.703. The second-order valence-corrected chi connectivity index (χ2v) is 4.33. The molecule has 0 saturated carbocycles. The quantitative estimate of drug-likeness (QED) is 0.589. The lowest BCUT2D eigenvalue weighted by Crippen LogP contribution is -2.27. The van der Waals surface area contributed by atoms with Gasteiger partial charge in [-0.15, -0.1) is 0 Å². The fourth-order valence-corrected chi connectivity index (χ4v) is 1.71. The molecule has 0 aromatic heterocycles. The molecule has 1 atom stereocenters. The zero-order valence-corrected chi connectivity index (χ0v) is 9.54. The summed E-state index contributed by atoms with van der Waals surface area (Å²) in [5.41, 5.74) is 0. The van der Waals surface area contributed by atoms with Gasteiger partial charge in [0.25, 0.3) is 0 Å². The van der Waals surface area contributed by atoms with E-state index in [9.17, 15) is 0 Å². The highest BCUT2D eigenvalue weighted by molar-refractivity contribution is 7.98. The Morgan fingerprint density at radius 1 is 1.33 bits per heavy atom. The summed E-state index contributed by atoms with van der Waals surface area (Å²) in [4.78, 5) is 0. The highest BCUT2D eigenvalue weighted by atomic mass is 32.2. The summed E-state index contributed by atoms with van der Waals surface area (Å²) in [5, 5.41) is 3.54. The number of unbranched alkanes of at least 4 members (excludes halogenated alkanes) is 2. The molecular formula is C10H23NS. The average Bonchev–Trinajstić information content (AvgIpc) is 2.09. The van der Waals surface area contributed by atoms with Gasteiger partial charge in [0.05, 0.1) is 0 Å². The third-order valence-corrected chi connectivity index (χ3v) is 2.67. The first-order valence-corrected chi connectivity index (χ1v) is 6.43. The van der Waals surface area contributed by atoms with Crippen LogP contribution in [0.5, 0.6) is 0 Å². The summed E-state index contributed by atoms with van der Waals surface area (Å²) in [5.74, 6) is 1.28. The molecule has 0 bridgehead atoms. The van der Waals surface area contributed by atoms with Crippen LogP contribution in [-0.4, -0.2) is 24.6 Å². The van der Waals surface area contributed by atoms with Crippen molar-refractivity contribution < 1.29 is 0 Å². The van der Waals surface area contributed by atoms with Gasteiger partial charge in [0.2, 0.25) is 0 Å². The van der Waals surface area contributed by atoms with Crippen LogP contribution < -0.4 is 5.32 Å². The maximum atomic E-state index is 3.54. The zero-order chi connectivity index (χ0) is 9.23. The van der Waals surface area contributed by atoms with Crippen molar-refractivity contribution in [2.75, 3.05) is 18.6 Å². The molecule has 0 saturated heterocycles. The van der Waals surface area contributed by atoms with Crippen molar-refractivity contribution in [3.8, 4) is 0 Å². The maximum absolute atomic E-state index is 3.54. The molecule has 0 fully saturated rings. The Morgan fingerprint density at radius 2 is 2.08 bits per heavy atom. The number of nitrogens with one attached hydrogen (secondary N) is 1. The van der Waals surface area contributed by atoms with Gasteiger partial charge in [-0.1, -0.05) is 19.8 Å². The fourth-order valence-electron chi connectivity index (χ4n) is 1.12. The molecule has 12 heavy (non-hydrogen) atoms. The van der Waals surface area contributed by atoms with E-state index in [0.29, 0.717) is 6.04 Å². The van der Waals surface area contributed by atoms with Crippen LogP contribution >= 0.6 is 11.8 Å². The summed E-state index contributed by atoms with van der Waals surface area (Å²) >= 11 is 1.93. The van der Waals surface area contributed by atoms with Gasteiger partial charge < -0.3 is 5.32 Å². The summed E-state index contributed by atoms with van der Waals surface area (Å²) in [6, 6.07) is 0.703. The molecule has 0 amide bonds. The molecule has 0 aromatic carbocycles. The molecule has 0 aliphatic rings. The first-order valence-electron chi connectivity index (χ1n) is 5.03. The van der Waals surface area contributed by atoms with Gasteiger partial charge in [0, 0.05) is 6.04 Å². The second-order valence-electron chi connectivity index (χ2n) is 3.34. The molecule has 74 valence electrons. The van der Waals surface area contributed by atoms with Crippen LogP contribution in [0.15, 0.2) is 0 Å². The molecule has 1 unspecified atom stereocenters. The van der Waals surface area contributed by atoms with Crippen LogP contribution in [0.1, 0.15) is 39.5 Å². The Hall–Kier alpha value is 0.310. The van der Waals surface area contributed by atoms with Gasteiger partial charge in [-0.3, -0.25) is 0 Å². The lowest BCUT2D eigenvalue weighted by atomic mass is 10.2. The van der Waals surface area contributed by atoms with Gasteiger partial charge in [-0.2, -0.15) is 11.8 Å². The van der Waals surface area contributed by atoms with Crippen molar-refractivity contribution in [3.63, 3.8) is 0 Å². The molecule has 0 aromatic rings. The summed E-state index contributed by atoms with van der Waals surface area (Å²) in [6.45, 7) is 5.72. The van der Waals surface area contributed by atoms with E-state index in [4.69, 9.17) is 0 Å². The van der Waals surface area contributed by atoms with Crippen molar-refractivity contribution in [1.82, 2.24) is 5.32 Å².